The first-order valence-corrected chi connectivity index (χ1v) is 11.5. The number of rotatable bonds is 4. The van der Waals surface area contributed by atoms with Crippen LogP contribution < -0.4 is 0 Å². The molecule has 7 heteroatoms. The topological polar surface area (TPSA) is 0 Å². The first-order valence-electron chi connectivity index (χ1n) is 11.5. The van der Waals surface area contributed by atoms with Crippen LogP contribution in [0.25, 0.3) is 21.9 Å². The number of fused-ring (bicyclic) bond motifs is 1. The molecule has 0 amide bonds. The molecule has 1 fully saturated rings. The number of halogens is 7. The fourth-order valence-electron chi connectivity index (χ4n) is 4.77. The Morgan fingerprint density at radius 3 is 2.14 bits per heavy atom. The molecule has 0 heterocycles. The van der Waals surface area contributed by atoms with Gasteiger partial charge in [-0.3, -0.25) is 0 Å². The van der Waals surface area contributed by atoms with Gasteiger partial charge in [0.15, 0.2) is 0 Å². The highest BCUT2D eigenvalue weighted by Gasteiger charge is 2.24. The quantitative estimate of drug-likeness (QED) is 0.252. The minimum atomic E-state index is -4.91. The Labute approximate surface area is 199 Å². The van der Waals surface area contributed by atoms with Crippen molar-refractivity contribution in [1.29, 1.82) is 0 Å². The molecule has 0 spiro atoms. The summed E-state index contributed by atoms with van der Waals surface area (Å²) in [6, 6.07) is 6.96. The van der Waals surface area contributed by atoms with Crippen LogP contribution in [-0.4, -0.2) is 6.18 Å². The molecule has 1 saturated carbocycles. The molecule has 0 nitrogen and oxygen atoms in total. The maximum Gasteiger partial charge on any atom is 0.458 e. The highest BCUT2D eigenvalue weighted by molar-refractivity contribution is 5.89. The van der Waals surface area contributed by atoms with Crippen molar-refractivity contribution in [3.63, 3.8) is 0 Å². The third-order valence-corrected chi connectivity index (χ3v) is 6.73. The van der Waals surface area contributed by atoms with E-state index in [0.717, 1.165) is 43.2 Å². The molecule has 3 aromatic rings. The normalized spacial score (nSPS) is 18.4. The molecule has 184 valence electrons. The highest BCUT2D eigenvalue weighted by atomic mass is 19.4. The summed E-state index contributed by atoms with van der Waals surface area (Å²) in [5.41, 5.74) is -0.734. The lowest BCUT2D eigenvalue weighted by Crippen LogP contribution is -2.13. The van der Waals surface area contributed by atoms with E-state index in [1.54, 1.807) is 0 Å². The van der Waals surface area contributed by atoms with E-state index < -0.39 is 35.0 Å². The Bertz CT molecular complexity index is 1280. The van der Waals surface area contributed by atoms with E-state index in [-0.39, 0.29) is 21.9 Å². The Hall–Kier alpha value is -3.01. The summed E-state index contributed by atoms with van der Waals surface area (Å²) in [5.74, 6) is -0.538. The SMILES string of the molecule is CC1CCC(CCc2cc(F)c(-c3ccc4c(F)c(C#CC(F)(F)F)c(F)cc4c3)c(F)c2)CC1. The summed E-state index contributed by atoms with van der Waals surface area (Å²) in [4.78, 5) is 0. The first-order chi connectivity index (χ1) is 16.5. The third kappa shape index (κ3) is 5.80. The molecule has 0 bridgehead atoms. The Morgan fingerprint density at radius 1 is 0.857 bits per heavy atom. The van der Waals surface area contributed by atoms with Crippen molar-refractivity contribution in [1.82, 2.24) is 0 Å². The third-order valence-electron chi connectivity index (χ3n) is 6.73. The average molecular weight is 492 g/mol. The van der Waals surface area contributed by atoms with Gasteiger partial charge in [-0.25, -0.2) is 17.6 Å². The van der Waals surface area contributed by atoms with Crippen LogP contribution in [0.1, 0.15) is 50.2 Å². The van der Waals surface area contributed by atoms with Crippen LogP contribution in [0.15, 0.2) is 36.4 Å². The molecule has 0 aromatic heterocycles. The molecule has 3 aromatic carbocycles. The summed E-state index contributed by atoms with van der Waals surface area (Å²) in [6.45, 7) is 2.23. The number of hydrogen-bond acceptors (Lipinski definition) is 0. The van der Waals surface area contributed by atoms with Crippen LogP contribution in [0, 0.1) is 46.9 Å². The molecule has 35 heavy (non-hydrogen) atoms. The Morgan fingerprint density at radius 2 is 1.51 bits per heavy atom. The predicted molar refractivity (Wildman–Crippen MR) is 122 cm³/mol. The largest absolute Gasteiger partial charge is 0.458 e. The van der Waals surface area contributed by atoms with Crippen LogP contribution >= 0.6 is 0 Å². The average Bonchev–Trinajstić information content (AvgIpc) is 2.77. The van der Waals surface area contributed by atoms with Crippen molar-refractivity contribution in [3.05, 3.63) is 70.8 Å². The van der Waals surface area contributed by atoms with Crippen LogP contribution in [0.3, 0.4) is 0 Å². The summed E-state index contributed by atoms with van der Waals surface area (Å²) in [5, 5.41) is -0.259. The lowest BCUT2D eigenvalue weighted by molar-refractivity contribution is -0.0696. The van der Waals surface area contributed by atoms with Gasteiger partial charge in [0, 0.05) is 11.3 Å². The van der Waals surface area contributed by atoms with Gasteiger partial charge >= 0.3 is 6.18 Å². The minimum absolute atomic E-state index is 0.0514. The zero-order chi connectivity index (χ0) is 25.3. The first kappa shape index (κ1) is 25.1. The standard InChI is InChI=1S/C28H23F7/c1-16-2-4-17(5-3-16)6-7-18-12-24(30)26(25(31)13-18)19-8-9-21-20(14-19)15-23(29)22(27(21)32)10-11-28(33,34)35/h8-9,12-17H,2-7H2,1H3. The van der Waals surface area contributed by atoms with E-state index in [1.807, 2.05) is 0 Å². The molecule has 0 aliphatic heterocycles. The monoisotopic (exact) mass is 492 g/mol. The number of hydrogen-bond donors (Lipinski definition) is 0. The van der Waals surface area contributed by atoms with Crippen LogP contribution in [-0.2, 0) is 6.42 Å². The molecule has 0 unspecified atom stereocenters. The second-order valence-corrected chi connectivity index (χ2v) is 9.33. The summed E-state index contributed by atoms with van der Waals surface area (Å²) in [7, 11) is 0. The van der Waals surface area contributed by atoms with Gasteiger partial charge in [0.05, 0.1) is 11.1 Å². The van der Waals surface area contributed by atoms with Gasteiger partial charge in [0.1, 0.15) is 23.3 Å². The zero-order valence-corrected chi connectivity index (χ0v) is 19.0. The smallest absolute Gasteiger partial charge is 0.206 e. The van der Waals surface area contributed by atoms with E-state index in [2.05, 4.69) is 6.92 Å². The minimum Gasteiger partial charge on any atom is -0.206 e. The highest BCUT2D eigenvalue weighted by Crippen LogP contribution is 2.34. The van der Waals surface area contributed by atoms with E-state index >= 15 is 0 Å². The Balaban J connectivity index is 1.61. The lowest BCUT2D eigenvalue weighted by Gasteiger charge is -2.26. The molecule has 1 aliphatic carbocycles. The molecule has 0 N–H and O–H groups in total. The van der Waals surface area contributed by atoms with Crippen LogP contribution in [0.5, 0.6) is 0 Å². The fraction of sp³-hybridized carbons (Fsp3) is 0.357. The maximum absolute atomic E-state index is 14.9. The predicted octanol–water partition coefficient (Wildman–Crippen LogP) is 8.74. The van der Waals surface area contributed by atoms with Gasteiger partial charge in [-0.05, 0) is 65.5 Å². The molecular formula is C28H23F7. The maximum atomic E-state index is 14.9. The van der Waals surface area contributed by atoms with E-state index in [1.165, 1.54) is 43.0 Å². The second-order valence-electron chi connectivity index (χ2n) is 9.33. The summed E-state index contributed by atoms with van der Waals surface area (Å²) >= 11 is 0. The lowest BCUT2D eigenvalue weighted by atomic mass is 9.80. The van der Waals surface area contributed by atoms with Crippen LogP contribution in [0.4, 0.5) is 30.7 Å². The van der Waals surface area contributed by atoms with Gasteiger partial charge in [-0.15, -0.1) is 0 Å². The van der Waals surface area contributed by atoms with Crippen molar-refractivity contribution >= 4 is 10.8 Å². The van der Waals surface area contributed by atoms with Gasteiger partial charge in [0.25, 0.3) is 0 Å². The molecule has 1 aliphatic rings. The summed E-state index contributed by atoms with van der Waals surface area (Å²) in [6.07, 6.45) is 1.10. The van der Waals surface area contributed by atoms with Crippen molar-refractivity contribution in [3.8, 4) is 23.0 Å². The fourth-order valence-corrected chi connectivity index (χ4v) is 4.77. The van der Waals surface area contributed by atoms with E-state index in [4.69, 9.17) is 0 Å². The Kier molecular flexibility index (Phi) is 7.12. The number of aryl methyl sites for hydroxylation is 1. The van der Waals surface area contributed by atoms with Gasteiger partial charge in [-0.1, -0.05) is 50.7 Å². The number of benzene rings is 3. The van der Waals surface area contributed by atoms with Gasteiger partial charge < -0.3 is 0 Å². The molecule has 0 radical (unpaired) electrons. The molecule has 0 atom stereocenters. The van der Waals surface area contributed by atoms with Gasteiger partial charge in [0.2, 0.25) is 0 Å². The summed E-state index contributed by atoms with van der Waals surface area (Å²) < 4.78 is 95.8. The second kappa shape index (κ2) is 9.93. The van der Waals surface area contributed by atoms with E-state index in [9.17, 15) is 30.7 Å². The molecular weight excluding hydrogens is 469 g/mol. The van der Waals surface area contributed by atoms with Crippen molar-refractivity contribution < 1.29 is 30.7 Å². The van der Waals surface area contributed by atoms with Crippen molar-refractivity contribution in [2.75, 3.05) is 0 Å². The van der Waals surface area contributed by atoms with Crippen molar-refractivity contribution in [2.45, 2.75) is 51.6 Å². The molecule has 0 saturated heterocycles. The van der Waals surface area contributed by atoms with Gasteiger partial charge in [-0.2, -0.15) is 13.2 Å². The molecule has 4 rings (SSSR count). The van der Waals surface area contributed by atoms with Crippen molar-refractivity contribution in [2.24, 2.45) is 11.8 Å². The zero-order valence-electron chi connectivity index (χ0n) is 19.0. The van der Waals surface area contributed by atoms with E-state index in [0.29, 0.717) is 17.9 Å². The number of alkyl halides is 3. The van der Waals surface area contributed by atoms with Crippen LogP contribution in [0.2, 0.25) is 0 Å².